The summed E-state index contributed by atoms with van der Waals surface area (Å²) in [5.74, 6) is -0.465. The SMILES string of the molecule is CC(C)(C)N(CCC#N)C(=O)c1cnc2c(c1)N(S(=O)(=O)c1ccc(C(F)(F)F)cc1)CCO2. The summed E-state index contributed by atoms with van der Waals surface area (Å²) in [7, 11) is -4.26. The summed E-state index contributed by atoms with van der Waals surface area (Å²) >= 11 is 0. The largest absolute Gasteiger partial charge is 0.474 e. The molecule has 3 rings (SSSR count). The van der Waals surface area contributed by atoms with Crippen molar-refractivity contribution in [3.63, 3.8) is 0 Å². The van der Waals surface area contributed by atoms with E-state index in [2.05, 4.69) is 4.98 Å². The molecule has 0 spiro atoms. The van der Waals surface area contributed by atoms with Gasteiger partial charge in [-0.1, -0.05) is 0 Å². The van der Waals surface area contributed by atoms with Crippen molar-refractivity contribution in [2.45, 2.75) is 43.8 Å². The highest BCUT2D eigenvalue weighted by atomic mass is 32.2. The van der Waals surface area contributed by atoms with Crippen molar-refractivity contribution in [1.29, 1.82) is 5.26 Å². The zero-order valence-electron chi connectivity index (χ0n) is 18.8. The van der Waals surface area contributed by atoms with Crippen LogP contribution in [0.5, 0.6) is 5.88 Å². The minimum absolute atomic E-state index is 0.00569. The van der Waals surface area contributed by atoms with Crippen LogP contribution >= 0.6 is 0 Å². The Kier molecular flexibility index (Phi) is 6.80. The molecule has 34 heavy (non-hydrogen) atoms. The molecule has 0 aliphatic carbocycles. The van der Waals surface area contributed by atoms with Gasteiger partial charge < -0.3 is 9.64 Å². The van der Waals surface area contributed by atoms with E-state index in [0.717, 1.165) is 16.4 Å². The fraction of sp³-hybridized carbons (Fsp3) is 0.409. The van der Waals surface area contributed by atoms with Crippen LogP contribution in [0.3, 0.4) is 0 Å². The lowest BCUT2D eigenvalue weighted by molar-refractivity contribution is -0.137. The molecule has 0 saturated heterocycles. The topological polar surface area (TPSA) is 104 Å². The van der Waals surface area contributed by atoms with E-state index < -0.39 is 33.2 Å². The number of hydrogen-bond acceptors (Lipinski definition) is 6. The summed E-state index contributed by atoms with van der Waals surface area (Å²) in [4.78, 5) is 18.4. The molecule has 2 heterocycles. The third-order valence-electron chi connectivity index (χ3n) is 5.15. The molecule has 0 atom stereocenters. The highest BCUT2D eigenvalue weighted by molar-refractivity contribution is 7.92. The first-order valence-corrected chi connectivity index (χ1v) is 11.7. The normalized spacial score (nSPS) is 14.1. The van der Waals surface area contributed by atoms with Gasteiger partial charge in [-0.05, 0) is 51.1 Å². The van der Waals surface area contributed by atoms with E-state index in [1.807, 2.05) is 6.07 Å². The van der Waals surface area contributed by atoms with E-state index in [1.54, 1.807) is 20.8 Å². The van der Waals surface area contributed by atoms with Gasteiger partial charge in [-0.15, -0.1) is 0 Å². The zero-order valence-corrected chi connectivity index (χ0v) is 19.6. The molecule has 8 nitrogen and oxygen atoms in total. The number of benzene rings is 1. The predicted molar refractivity (Wildman–Crippen MR) is 117 cm³/mol. The summed E-state index contributed by atoms with van der Waals surface area (Å²) in [6.45, 7) is 5.44. The molecule has 1 aromatic heterocycles. The average molecular weight is 497 g/mol. The maximum Gasteiger partial charge on any atom is 0.416 e. The van der Waals surface area contributed by atoms with Crippen molar-refractivity contribution in [3.05, 3.63) is 47.7 Å². The molecule has 0 fully saturated rings. The molecular formula is C22H23F3N4O4S. The van der Waals surface area contributed by atoms with Crippen LogP contribution in [0.1, 0.15) is 43.1 Å². The van der Waals surface area contributed by atoms with Gasteiger partial charge in [0.25, 0.3) is 15.9 Å². The number of aromatic nitrogens is 1. The number of sulfonamides is 1. The van der Waals surface area contributed by atoms with Crippen molar-refractivity contribution in [2.24, 2.45) is 0 Å². The lowest BCUT2D eigenvalue weighted by Crippen LogP contribution is -2.46. The van der Waals surface area contributed by atoms with Gasteiger partial charge in [0.15, 0.2) is 0 Å². The van der Waals surface area contributed by atoms with Crippen LogP contribution in [0.4, 0.5) is 18.9 Å². The van der Waals surface area contributed by atoms with Crippen LogP contribution in [-0.4, -0.2) is 49.4 Å². The first kappa shape index (κ1) is 25.3. The Bertz CT molecular complexity index is 1220. The predicted octanol–water partition coefficient (Wildman–Crippen LogP) is 3.84. The van der Waals surface area contributed by atoms with Gasteiger partial charge in [-0.3, -0.25) is 9.10 Å². The number of alkyl halides is 3. The van der Waals surface area contributed by atoms with E-state index in [4.69, 9.17) is 10.00 Å². The van der Waals surface area contributed by atoms with Crippen LogP contribution in [-0.2, 0) is 16.2 Å². The summed E-state index contributed by atoms with van der Waals surface area (Å²) in [5, 5.41) is 8.93. The standard InChI is InChI=1S/C22H23F3N4O4S/c1-21(2,3)28(10-4-9-26)20(30)15-13-18-19(27-14-15)33-12-11-29(18)34(31,32)17-7-5-16(6-8-17)22(23,24)25/h5-8,13-14H,4,10-12H2,1-3H3. The Labute approximate surface area is 195 Å². The van der Waals surface area contributed by atoms with Crippen molar-refractivity contribution in [1.82, 2.24) is 9.88 Å². The molecular weight excluding hydrogens is 473 g/mol. The molecule has 0 radical (unpaired) electrons. The maximum absolute atomic E-state index is 13.3. The maximum atomic E-state index is 13.3. The fourth-order valence-corrected chi connectivity index (χ4v) is 4.88. The number of pyridine rings is 1. The number of nitriles is 1. The van der Waals surface area contributed by atoms with E-state index in [-0.39, 0.29) is 48.1 Å². The van der Waals surface area contributed by atoms with Crippen LogP contribution in [0, 0.1) is 11.3 Å². The second-order valence-corrected chi connectivity index (χ2v) is 10.4. The molecule has 1 aliphatic heterocycles. The number of fused-ring (bicyclic) bond motifs is 1. The number of amides is 1. The number of carbonyl (C=O) groups excluding carboxylic acids is 1. The number of rotatable bonds is 5. The molecule has 182 valence electrons. The number of anilines is 1. The molecule has 1 aliphatic rings. The summed E-state index contributed by atoms with van der Waals surface area (Å²) in [5.41, 5.74) is -1.49. The Morgan fingerprint density at radius 1 is 1.24 bits per heavy atom. The minimum atomic E-state index is -4.60. The molecule has 1 aromatic carbocycles. The third-order valence-corrected chi connectivity index (χ3v) is 6.98. The lowest BCUT2D eigenvalue weighted by Gasteiger charge is -2.36. The summed E-state index contributed by atoms with van der Waals surface area (Å²) in [6, 6.07) is 6.50. The molecule has 0 unspecified atom stereocenters. The second kappa shape index (κ2) is 9.13. The molecule has 0 N–H and O–H groups in total. The van der Waals surface area contributed by atoms with Gasteiger partial charge in [-0.2, -0.15) is 18.4 Å². The van der Waals surface area contributed by atoms with Crippen molar-refractivity contribution >= 4 is 21.6 Å². The van der Waals surface area contributed by atoms with Gasteiger partial charge >= 0.3 is 6.18 Å². The number of ether oxygens (including phenoxy) is 1. The highest BCUT2D eigenvalue weighted by Crippen LogP contribution is 2.36. The smallest absolute Gasteiger partial charge is 0.416 e. The number of nitrogens with zero attached hydrogens (tertiary/aromatic N) is 4. The highest BCUT2D eigenvalue weighted by Gasteiger charge is 2.35. The number of halogens is 3. The number of carbonyl (C=O) groups is 1. The second-order valence-electron chi connectivity index (χ2n) is 8.53. The average Bonchev–Trinajstić information content (AvgIpc) is 2.77. The van der Waals surface area contributed by atoms with E-state index in [0.29, 0.717) is 12.1 Å². The van der Waals surface area contributed by atoms with E-state index >= 15 is 0 Å². The van der Waals surface area contributed by atoms with E-state index in [1.165, 1.54) is 17.2 Å². The van der Waals surface area contributed by atoms with Crippen molar-refractivity contribution in [3.8, 4) is 11.9 Å². The first-order valence-electron chi connectivity index (χ1n) is 10.3. The number of hydrogen-bond donors (Lipinski definition) is 0. The zero-order chi connectivity index (χ0) is 25.3. The van der Waals surface area contributed by atoms with Crippen LogP contribution in [0.15, 0.2) is 41.4 Å². The molecule has 2 aromatic rings. The van der Waals surface area contributed by atoms with Crippen molar-refractivity contribution < 1.29 is 31.1 Å². The van der Waals surface area contributed by atoms with Gasteiger partial charge in [0.05, 0.1) is 35.1 Å². The monoisotopic (exact) mass is 496 g/mol. The molecule has 0 bridgehead atoms. The van der Waals surface area contributed by atoms with Gasteiger partial charge in [0, 0.05) is 18.3 Å². The quantitative estimate of drug-likeness (QED) is 0.623. The Morgan fingerprint density at radius 3 is 2.44 bits per heavy atom. The Morgan fingerprint density at radius 2 is 1.88 bits per heavy atom. The minimum Gasteiger partial charge on any atom is -0.474 e. The lowest BCUT2D eigenvalue weighted by atomic mass is 10.0. The molecule has 1 amide bonds. The van der Waals surface area contributed by atoms with Crippen molar-refractivity contribution in [2.75, 3.05) is 24.0 Å². The summed E-state index contributed by atoms with van der Waals surface area (Å²) < 4.78 is 71.6. The Balaban J connectivity index is 2.00. The first-order chi connectivity index (χ1) is 15.8. The molecule has 0 saturated carbocycles. The van der Waals surface area contributed by atoms with Gasteiger partial charge in [0.2, 0.25) is 5.88 Å². The van der Waals surface area contributed by atoms with Gasteiger partial charge in [0.1, 0.15) is 12.3 Å². The van der Waals surface area contributed by atoms with Crippen LogP contribution < -0.4 is 9.04 Å². The van der Waals surface area contributed by atoms with Gasteiger partial charge in [-0.25, -0.2) is 13.4 Å². The summed E-state index contributed by atoms with van der Waals surface area (Å²) in [6.07, 6.45) is -3.23. The molecule has 12 heteroatoms. The fourth-order valence-electron chi connectivity index (χ4n) is 3.45. The van der Waals surface area contributed by atoms with Crippen LogP contribution in [0.25, 0.3) is 0 Å². The van der Waals surface area contributed by atoms with E-state index in [9.17, 15) is 26.4 Å². The Hall–Kier alpha value is -3.33. The van der Waals surface area contributed by atoms with Crippen LogP contribution in [0.2, 0.25) is 0 Å². The third kappa shape index (κ3) is 5.09.